The highest BCUT2D eigenvalue weighted by molar-refractivity contribution is 5.86. The van der Waals surface area contributed by atoms with Crippen LogP contribution in [0.4, 0.5) is 17.1 Å². The van der Waals surface area contributed by atoms with Crippen molar-refractivity contribution in [2.45, 2.75) is 102 Å². The molecular formula is C52H53N. The molecule has 0 spiro atoms. The summed E-state index contributed by atoms with van der Waals surface area (Å²) in [4.78, 5) is 2.51. The molecule has 2 fully saturated rings. The predicted molar refractivity (Wildman–Crippen MR) is 226 cm³/mol. The van der Waals surface area contributed by atoms with Crippen molar-refractivity contribution in [1.82, 2.24) is 0 Å². The van der Waals surface area contributed by atoms with Crippen LogP contribution in [0.1, 0.15) is 118 Å². The van der Waals surface area contributed by atoms with E-state index in [1.165, 1.54) is 142 Å². The quantitative estimate of drug-likeness (QED) is 0.161. The molecule has 0 atom stereocenters. The Labute approximate surface area is 317 Å². The summed E-state index contributed by atoms with van der Waals surface area (Å²) in [5.41, 5.74) is 18.6. The molecule has 9 rings (SSSR count). The molecule has 266 valence electrons. The lowest BCUT2D eigenvalue weighted by Crippen LogP contribution is -2.17. The van der Waals surface area contributed by atoms with Crippen molar-refractivity contribution in [3.8, 4) is 33.4 Å². The van der Waals surface area contributed by atoms with Crippen LogP contribution >= 0.6 is 0 Å². The van der Waals surface area contributed by atoms with Gasteiger partial charge in [-0.15, -0.1) is 0 Å². The summed E-state index contributed by atoms with van der Waals surface area (Å²) in [5, 5.41) is 0. The van der Waals surface area contributed by atoms with Gasteiger partial charge in [-0.2, -0.15) is 0 Å². The van der Waals surface area contributed by atoms with Crippen molar-refractivity contribution in [2.24, 2.45) is 0 Å². The summed E-state index contributed by atoms with van der Waals surface area (Å²) in [6.45, 7) is 7.05. The molecule has 0 bridgehead atoms. The third kappa shape index (κ3) is 6.43. The van der Waals surface area contributed by atoms with Crippen LogP contribution in [0.3, 0.4) is 0 Å². The molecule has 1 nitrogen and oxygen atoms in total. The first-order chi connectivity index (χ1) is 25.9. The maximum Gasteiger partial charge on any atom is 0.0465 e. The van der Waals surface area contributed by atoms with Gasteiger partial charge in [-0.1, -0.05) is 143 Å². The Kier molecular flexibility index (Phi) is 9.07. The molecule has 0 aliphatic heterocycles. The fraction of sp³-hybridized carbons (Fsp3) is 0.308. The number of hydrogen-bond donors (Lipinski definition) is 0. The largest absolute Gasteiger partial charge is 0.310 e. The Morgan fingerprint density at radius 3 is 1.77 bits per heavy atom. The number of hydrogen-bond acceptors (Lipinski definition) is 1. The molecule has 3 aliphatic carbocycles. The molecule has 0 unspecified atom stereocenters. The minimum Gasteiger partial charge on any atom is -0.310 e. The third-order valence-electron chi connectivity index (χ3n) is 13.0. The van der Waals surface area contributed by atoms with E-state index in [0.29, 0.717) is 5.92 Å². The van der Waals surface area contributed by atoms with Crippen LogP contribution in [0.15, 0.2) is 133 Å². The first-order valence-corrected chi connectivity index (χ1v) is 20.4. The smallest absolute Gasteiger partial charge is 0.0465 e. The van der Waals surface area contributed by atoms with Crippen molar-refractivity contribution in [2.75, 3.05) is 4.90 Å². The highest BCUT2D eigenvalue weighted by atomic mass is 15.1. The van der Waals surface area contributed by atoms with Gasteiger partial charge in [0, 0.05) is 22.5 Å². The standard InChI is InChI=1S/C52H53N/c1-36-32-45(28-30-47(36)43-20-12-18-41(33-43)40-26-24-39(25-27-40)37-14-6-4-7-15-37)53(44-21-13-19-42(34-44)38-16-8-5-9-17-38)46-29-31-49-48-22-10-11-23-50(48)52(2,3)51(49)35-46/h10-13,18-35,37-38H,4-9,14-17H2,1-3H3. The second-order valence-corrected chi connectivity index (χ2v) is 16.7. The van der Waals surface area contributed by atoms with Gasteiger partial charge >= 0.3 is 0 Å². The van der Waals surface area contributed by atoms with Crippen molar-refractivity contribution >= 4 is 17.1 Å². The van der Waals surface area contributed by atoms with E-state index in [1.807, 2.05) is 0 Å². The van der Waals surface area contributed by atoms with Crippen LogP contribution < -0.4 is 4.90 Å². The molecule has 0 saturated heterocycles. The molecule has 6 aromatic carbocycles. The average Bonchev–Trinajstić information content (AvgIpc) is 3.44. The molecule has 53 heavy (non-hydrogen) atoms. The van der Waals surface area contributed by atoms with Crippen molar-refractivity contribution in [1.29, 1.82) is 0 Å². The highest BCUT2D eigenvalue weighted by Crippen LogP contribution is 2.51. The second-order valence-electron chi connectivity index (χ2n) is 16.7. The molecule has 2 saturated carbocycles. The van der Waals surface area contributed by atoms with Crippen LogP contribution in [0, 0.1) is 6.92 Å². The predicted octanol–water partition coefficient (Wildman–Crippen LogP) is 15.2. The number of anilines is 3. The van der Waals surface area contributed by atoms with E-state index >= 15 is 0 Å². The van der Waals surface area contributed by atoms with Gasteiger partial charge in [0.25, 0.3) is 0 Å². The minimum absolute atomic E-state index is 0.0570. The maximum absolute atomic E-state index is 2.51. The fourth-order valence-corrected chi connectivity index (χ4v) is 9.99. The number of aryl methyl sites for hydroxylation is 1. The molecule has 0 heterocycles. The van der Waals surface area contributed by atoms with Gasteiger partial charge in [-0.25, -0.2) is 0 Å². The van der Waals surface area contributed by atoms with Gasteiger partial charge in [-0.05, 0) is 148 Å². The van der Waals surface area contributed by atoms with Gasteiger partial charge in [0.2, 0.25) is 0 Å². The summed E-state index contributed by atoms with van der Waals surface area (Å²) >= 11 is 0. The van der Waals surface area contributed by atoms with Crippen molar-refractivity contribution in [3.63, 3.8) is 0 Å². The van der Waals surface area contributed by atoms with E-state index in [9.17, 15) is 0 Å². The van der Waals surface area contributed by atoms with Crippen molar-refractivity contribution in [3.05, 3.63) is 161 Å². The van der Waals surface area contributed by atoms with Crippen LogP contribution in [-0.2, 0) is 5.41 Å². The van der Waals surface area contributed by atoms with Gasteiger partial charge in [0.15, 0.2) is 0 Å². The second kappa shape index (κ2) is 14.2. The normalized spacial score (nSPS) is 17.0. The first kappa shape index (κ1) is 33.9. The first-order valence-electron chi connectivity index (χ1n) is 20.4. The van der Waals surface area contributed by atoms with E-state index in [1.54, 1.807) is 0 Å². The summed E-state index contributed by atoms with van der Waals surface area (Å²) in [5.74, 6) is 1.39. The van der Waals surface area contributed by atoms with Crippen LogP contribution in [0.5, 0.6) is 0 Å². The molecule has 0 N–H and O–H groups in total. The average molecular weight is 692 g/mol. The topological polar surface area (TPSA) is 3.24 Å². The van der Waals surface area contributed by atoms with Crippen LogP contribution in [-0.4, -0.2) is 0 Å². The molecule has 3 aliphatic rings. The molecular weight excluding hydrogens is 639 g/mol. The highest BCUT2D eigenvalue weighted by Gasteiger charge is 2.35. The monoisotopic (exact) mass is 691 g/mol. The maximum atomic E-state index is 2.51. The summed E-state index contributed by atoms with van der Waals surface area (Å²) in [6.07, 6.45) is 13.5. The Bertz CT molecular complexity index is 2240. The summed E-state index contributed by atoms with van der Waals surface area (Å²) in [7, 11) is 0. The lowest BCUT2D eigenvalue weighted by atomic mass is 9.82. The third-order valence-corrected chi connectivity index (χ3v) is 13.0. The van der Waals surface area contributed by atoms with Crippen LogP contribution in [0.25, 0.3) is 33.4 Å². The summed E-state index contributed by atoms with van der Waals surface area (Å²) in [6, 6.07) is 51.3. The van der Waals surface area contributed by atoms with E-state index in [-0.39, 0.29) is 5.41 Å². The van der Waals surface area contributed by atoms with Gasteiger partial charge < -0.3 is 4.90 Å². The Balaban J connectivity index is 1.08. The number of nitrogens with zero attached hydrogens (tertiary/aromatic N) is 1. The van der Waals surface area contributed by atoms with Crippen LogP contribution in [0.2, 0.25) is 0 Å². The zero-order valence-electron chi connectivity index (χ0n) is 31.9. The minimum atomic E-state index is -0.0570. The summed E-state index contributed by atoms with van der Waals surface area (Å²) < 4.78 is 0. The molecule has 0 radical (unpaired) electrons. The van der Waals surface area contributed by atoms with Gasteiger partial charge in [0.05, 0.1) is 0 Å². The zero-order valence-corrected chi connectivity index (χ0v) is 31.9. The fourth-order valence-electron chi connectivity index (χ4n) is 9.99. The van der Waals surface area contributed by atoms with Crippen molar-refractivity contribution < 1.29 is 0 Å². The molecule has 1 heteroatoms. The molecule has 0 amide bonds. The Morgan fingerprint density at radius 1 is 0.434 bits per heavy atom. The number of fused-ring (bicyclic) bond motifs is 3. The molecule has 0 aromatic heterocycles. The number of rotatable bonds is 7. The number of benzene rings is 6. The van der Waals surface area contributed by atoms with E-state index in [4.69, 9.17) is 0 Å². The lowest BCUT2D eigenvalue weighted by Gasteiger charge is -2.30. The zero-order chi connectivity index (χ0) is 35.9. The van der Waals surface area contributed by atoms with Gasteiger partial charge in [-0.3, -0.25) is 0 Å². The molecule has 6 aromatic rings. The van der Waals surface area contributed by atoms with Gasteiger partial charge in [0.1, 0.15) is 0 Å². The lowest BCUT2D eigenvalue weighted by molar-refractivity contribution is 0.443. The Morgan fingerprint density at radius 2 is 1.04 bits per heavy atom. The Hall–Kier alpha value is -4.88. The van der Waals surface area contributed by atoms with E-state index in [0.717, 1.165) is 5.92 Å². The van der Waals surface area contributed by atoms with E-state index < -0.39 is 0 Å². The van der Waals surface area contributed by atoms with E-state index in [2.05, 4.69) is 159 Å². The SMILES string of the molecule is Cc1cc(N(c2cccc(C3CCCCC3)c2)c2ccc3c(c2)C(C)(C)c2ccccc2-3)ccc1-c1cccc(-c2ccc(C3CCCCC3)cc2)c1.